The number of allylic oxidation sites excluding steroid dienone is 3. The van der Waals surface area contributed by atoms with E-state index in [1.807, 2.05) is 36.4 Å². The van der Waals surface area contributed by atoms with Gasteiger partial charge in [-0.1, -0.05) is 30.3 Å². The Morgan fingerprint density at radius 3 is 2.60 bits per heavy atom. The molecule has 0 unspecified atom stereocenters. The van der Waals surface area contributed by atoms with Gasteiger partial charge >= 0.3 is 0 Å². The average molecular weight is 332 g/mol. The summed E-state index contributed by atoms with van der Waals surface area (Å²) in [4.78, 5) is 12.9. The minimum atomic E-state index is -0.472. The van der Waals surface area contributed by atoms with Crippen molar-refractivity contribution in [2.75, 3.05) is 0 Å². The average Bonchev–Trinajstić information content (AvgIpc) is 3.16. The number of ether oxygens (including phenoxy) is 1. The standard InChI is InChI=1S/C20H16N2O3/c21-11-14-18(12-5-2-1-3-6-12)19-15(23)9-13(16-7-4-8-24-16)10-17(19)25-20(14)22/h1-8,13,18H,9-10,22H2/t13-,18+/m0/s1. The third-order valence-corrected chi connectivity index (χ3v) is 4.74. The molecule has 0 spiro atoms. The monoisotopic (exact) mass is 332 g/mol. The molecule has 124 valence electrons. The van der Waals surface area contributed by atoms with Crippen LogP contribution >= 0.6 is 0 Å². The van der Waals surface area contributed by atoms with Crippen molar-refractivity contribution < 1.29 is 13.9 Å². The van der Waals surface area contributed by atoms with Gasteiger partial charge in [-0.2, -0.15) is 5.26 Å². The highest BCUT2D eigenvalue weighted by molar-refractivity contribution is 6.00. The lowest BCUT2D eigenvalue weighted by Gasteiger charge is -2.33. The van der Waals surface area contributed by atoms with Crippen LogP contribution in [0.5, 0.6) is 0 Å². The van der Waals surface area contributed by atoms with Gasteiger partial charge < -0.3 is 14.9 Å². The van der Waals surface area contributed by atoms with E-state index in [1.165, 1.54) is 0 Å². The van der Waals surface area contributed by atoms with Crippen molar-refractivity contribution in [1.82, 2.24) is 0 Å². The van der Waals surface area contributed by atoms with E-state index in [9.17, 15) is 10.1 Å². The molecule has 5 heteroatoms. The molecule has 0 saturated carbocycles. The fraction of sp³-hybridized carbons (Fsp3) is 0.200. The van der Waals surface area contributed by atoms with Crippen LogP contribution in [0.3, 0.4) is 0 Å². The number of carbonyl (C=O) groups is 1. The van der Waals surface area contributed by atoms with Crippen LogP contribution in [0, 0.1) is 11.3 Å². The second-order valence-corrected chi connectivity index (χ2v) is 6.22. The molecule has 1 aliphatic heterocycles. The maximum Gasteiger partial charge on any atom is 0.205 e. The first-order chi connectivity index (χ1) is 12.2. The van der Waals surface area contributed by atoms with Crippen molar-refractivity contribution in [1.29, 1.82) is 5.26 Å². The summed E-state index contributed by atoms with van der Waals surface area (Å²) in [6, 6.07) is 15.3. The van der Waals surface area contributed by atoms with Gasteiger partial charge in [-0.05, 0) is 17.7 Å². The summed E-state index contributed by atoms with van der Waals surface area (Å²) in [6.07, 6.45) is 2.45. The lowest BCUT2D eigenvalue weighted by molar-refractivity contribution is -0.117. The molecule has 1 aromatic carbocycles. The van der Waals surface area contributed by atoms with Gasteiger partial charge in [0.2, 0.25) is 5.88 Å². The number of rotatable bonds is 2. The van der Waals surface area contributed by atoms with Gasteiger partial charge in [0.25, 0.3) is 0 Å². The summed E-state index contributed by atoms with van der Waals surface area (Å²) in [5, 5.41) is 9.56. The van der Waals surface area contributed by atoms with Gasteiger partial charge in [-0.25, -0.2) is 0 Å². The van der Waals surface area contributed by atoms with Crippen LogP contribution in [0.4, 0.5) is 0 Å². The summed E-state index contributed by atoms with van der Waals surface area (Å²) >= 11 is 0. The van der Waals surface area contributed by atoms with Crippen molar-refractivity contribution in [3.63, 3.8) is 0 Å². The molecule has 0 saturated heterocycles. The Morgan fingerprint density at radius 2 is 1.92 bits per heavy atom. The number of nitriles is 1. The highest BCUT2D eigenvalue weighted by atomic mass is 16.5. The molecule has 1 aliphatic carbocycles. The van der Waals surface area contributed by atoms with Crippen LogP contribution in [0.25, 0.3) is 0 Å². The molecule has 0 bridgehead atoms. The molecule has 2 heterocycles. The number of ketones is 1. The van der Waals surface area contributed by atoms with Gasteiger partial charge in [-0.3, -0.25) is 4.79 Å². The summed E-state index contributed by atoms with van der Waals surface area (Å²) in [5.74, 6) is 0.797. The van der Waals surface area contributed by atoms with Gasteiger partial charge in [0.1, 0.15) is 23.2 Å². The minimum Gasteiger partial charge on any atom is -0.469 e. The number of nitrogens with zero attached hydrogens (tertiary/aromatic N) is 1. The molecule has 4 rings (SSSR count). The molecular weight excluding hydrogens is 316 g/mol. The summed E-state index contributed by atoms with van der Waals surface area (Å²) in [6.45, 7) is 0. The first-order valence-corrected chi connectivity index (χ1v) is 8.11. The minimum absolute atomic E-state index is 0.0308. The molecule has 2 N–H and O–H groups in total. The van der Waals surface area contributed by atoms with E-state index in [1.54, 1.807) is 12.3 Å². The molecule has 25 heavy (non-hydrogen) atoms. The Balaban J connectivity index is 1.80. The molecular formula is C20H16N2O3. The number of benzene rings is 1. The Morgan fingerprint density at radius 1 is 1.12 bits per heavy atom. The van der Waals surface area contributed by atoms with Crippen molar-refractivity contribution in [2.24, 2.45) is 5.73 Å². The van der Waals surface area contributed by atoms with Gasteiger partial charge in [0.15, 0.2) is 5.78 Å². The van der Waals surface area contributed by atoms with E-state index in [0.29, 0.717) is 24.2 Å². The van der Waals surface area contributed by atoms with E-state index in [0.717, 1.165) is 11.3 Å². The third-order valence-electron chi connectivity index (χ3n) is 4.74. The first-order valence-electron chi connectivity index (χ1n) is 8.11. The van der Waals surface area contributed by atoms with Crippen molar-refractivity contribution in [3.8, 4) is 6.07 Å². The number of carbonyl (C=O) groups excluding carboxylic acids is 1. The number of nitrogens with two attached hydrogens (primary N) is 1. The Kier molecular flexibility index (Phi) is 3.66. The summed E-state index contributed by atoms with van der Waals surface area (Å²) < 4.78 is 11.2. The molecule has 0 amide bonds. The van der Waals surface area contributed by atoms with Crippen LogP contribution < -0.4 is 5.73 Å². The van der Waals surface area contributed by atoms with E-state index in [-0.39, 0.29) is 23.2 Å². The summed E-state index contributed by atoms with van der Waals surface area (Å²) in [7, 11) is 0. The van der Waals surface area contributed by atoms with Crippen LogP contribution in [0.1, 0.15) is 36.0 Å². The summed E-state index contributed by atoms with van der Waals surface area (Å²) in [5.41, 5.74) is 7.69. The van der Waals surface area contributed by atoms with Gasteiger partial charge in [0, 0.05) is 24.3 Å². The highest BCUT2D eigenvalue weighted by Gasteiger charge is 2.41. The largest absolute Gasteiger partial charge is 0.469 e. The van der Waals surface area contributed by atoms with Crippen LogP contribution in [-0.2, 0) is 9.53 Å². The molecule has 0 radical (unpaired) electrons. The second kappa shape index (κ2) is 5.99. The molecule has 5 nitrogen and oxygen atoms in total. The number of hydrogen-bond donors (Lipinski definition) is 1. The molecule has 0 fully saturated rings. The lowest BCUT2D eigenvalue weighted by Crippen LogP contribution is -2.29. The highest BCUT2D eigenvalue weighted by Crippen LogP contribution is 2.46. The van der Waals surface area contributed by atoms with Crippen LogP contribution in [0.15, 0.2) is 75.9 Å². The van der Waals surface area contributed by atoms with E-state index < -0.39 is 5.92 Å². The number of furan rings is 1. The molecule has 2 atom stereocenters. The maximum atomic E-state index is 12.9. The fourth-order valence-electron chi connectivity index (χ4n) is 3.61. The van der Waals surface area contributed by atoms with Crippen LogP contribution in [-0.4, -0.2) is 5.78 Å². The van der Waals surface area contributed by atoms with Crippen molar-refractivity contribution >= 4 is 5.78 Å². The van der Waals surface area contributed by atoms with Crippen molar-refractivity contribution in [3.05, 3.63) is 82.8 Å². The number of Topliss-reactive ketones (excluding diaryl/α,β-unsaturated/α-hetero) is 1. The van der Waals surface area contributed by atoms with Gasteiger partial charge in [-0.15, -0.1) is 0 Å². The van der Waals surface area contributed by atoms with Gasteiger partial charge in [0.05, 0.1) is 12.2 Å². The van der Waals surface area contributed by atoms with E-state index >= 15 is 0 Å². The van der Waals surface area contributed by atoms with E-state index in [4.69, 9.17) is 14.9 Å². The predicted molar refractivity (Wildman–Crippen MR) is 89.8 cm³/mol. The third kappa shape index (κ3) is 2.52. The normalized spacial score (nSPS) is 23.1. The number of hydrogen-bond acceptors (Lipinski definition) is 5. The Hall–Kier alpha value is -3.26. The Labute approximate surface area is 145 Å². The van der Waals surface area contributed by atoms with Crippen molar-refractivity contribution in [2.45, 2.75) is 24.7 Å². The lowest BCUT2D eigenvalue weighted by atomic mass is 9.74. The predicted octanol–water partition coefficient (Wildman–Crippen LogP) is 3.49. The zero-order valence-electron chi connectivity index (χ0n) is 13.4. The first kappa shape index (κ1) is 15.3. The Bertz CT molecular complexity index is 918. The fourth-order valence-corrected chi connectivity index (χ4v) is 3.61. The smallest absolute Gasteiger partial charge is 0.205 e. The molecule has 2 aliphatic rings. The SMILES string of the molecule is N#CC1=C(N)OC2=C(C(=O)C[C@H](c3ccco3)C2)[C@@H]1c1ccccc1. The molecule has 1 aromatic heterocycles. The molecule has 2 aromatic rings. The van der Waals surface area contributed by atoms with E-state index in [2.05, 4.69) is 6.07 Å². The zero-order valence-corrected chi connectivity index (χ0v) is 13.4. The second-order valence-electron chi connectivity index (χ2n) is 6.22. The quantitative estimate of drug-likeness (QED) is 0.909. The zero-order chi connectivity index (χ0) is 17.4. The topological polar surface area (TPSA) is 89.3 Å². The maximum absolute atomic E-state index is 12.9. The van der Waals surface area contributed by atoms with Crippen LogP contribution in [0.2, 0.25) is 0 Å².